The third-order valence-electron chi connectivity index (χ3n) is 4.66. The number of alkyl halides is 2. The van der Waals surface area contributed by atoms with Gasteiger partial charge in [0.2, 0.25) is 5.91 Å². The summed E-state index contributed by atoms with van der Waals surface area (Å²) in [4.78, 5) is 37.1. The van der Waals surface area contributed by atoms with Crippen molar-refractivity contribution in [3.8, 4) is 11.5 Å². The van der Waals surface area contributed by atoms with Crippen molar-refractivity contribution in [1.82, 2.24) is 0 Å². The van der Waals surface area contributed by atoms with Crippen molar-refractivity contribution >= 4 is 35.2 Å². The Morgan fingerprint density at radius 2 is 1.56 bits per heavy atom. The third-order valence-corrected chi connectivity index (χ3v) is 4.66. The van der Waals surface area contributed by atoms with Gasteiger partial charge in [-0.2, -0.15) is 8.78 Å². The van der Waals surface area contributed by atoms with E-state index in [1.807, 2.05) is 0 Å². The number of rotatable bonds is 10. The molecule has 0 fully saturated rings. The van der Waals surface area contributed by atoms with Crippen LogP contribution in [0.2, 0.25) is 0 Å². The Bertz CT molecular complexity index is 1250. The first-order valence-electron chi connectivity index (χ1n) is 10.6. The summed E-state index contributed by atoms with van der Waals surface area (Å²) >= 11 is 0. The molecule has 0 heterocycles. The van der Waals surface area contributed by atoms with E-state index in [1.165, 1.54) is 42.5 Å². The fourth-order valence-corrected chi connectivity index (χ4v) is 3.00. The molecule has 2 amide bonds. The third kappa shape index (κ3) is 7.66. The average Bonchev–Trinajstić information content (AvgIpc) is 2.87. The van der Waals surface area contributed by atoms with Crippen LogP contribution in [0.3, 0.4) is 0 Å². The highest BCUT2D eigenvalue weighted by molar-refractivity contribution is 6.06. The summed E-state index contributed by atoms with van der Waals surface area (Å²) in [5.41, 5.74) is 0.973. The Kier molecular flexibility index (Phi) is 9.10. The van der Waals surface area contributed by atoms with E-state index in [9.17, 15) is 23.2 Å². The SMILES string of the molecule is COc1ccc(/C=C/C(=O)Nc2ccccc2C(=O)OCC(=O)Nc2ccccc2OC(F)F)cc1. The van der Waals surface area contributed by atoms with Crippen LogP contribution in [0, 0.1) is 0 Å². The van der Waals surface area contributed by atoms with Crippen molar-refractivity contribution in [2.24, 2.45) is 0 Å². The Labute approximate surface area is 205 Å². The largest absolute Gasteiger partial charge is 0.497 e. The standard InChI is InChI=1S/C26H22F2N2O6/c1-34-18-13-10-17(11-14-18)12-15-23(31)29-20-7-3-2-6-19(20)25(33)35-16-24(32)30-21-8-4-5-9-22(21)36-26(27)28/h2-15,26H,16H2,1H3,(H,29,31)(H,30,32)/b15-12+. The van der Waals surface area contributed by atoms with Crippen molar-refractivity contribution in [1.29, 1.82) is 0 Å². The first kappa shape index (κ1) is 25.9. The van der Waals surface area contributed by atoms with Gasteiger partial charge >= 0.3 is 12.6 Å². The lowest BCUT2D eigenvalue weighted by molar-refractivity contribution is -0.119. The van der Waals surface area contributed by atoms with Crippen molar-refractivity contribution in [2.45, 2.75) is 6.61 Å². The lowest BCUT2D eigenvalue weighted by Crippen LogP contribution is -2.22. The molecular formula is C26H22F2N2O6. The van der Waals surface area contributed by atoms with Crippen LogP contribution >= 0.6 is 0 Å². The highest BCUT2D eigenvalue weighted by Crippen LogP contribution is 2.25. The molecule has 10 heteroatoms. The zero-order valence-electron chi connectivity index (χ0n) is 19.1. The number of amides is 2. The smallest absolute Gasteiger partial charge is 0.387 e. The van der Waals surface area contributed by atoms with Gasteiger partial charge in [0.05, 0.1) is 24.0 Å². The van der Waals surface area contributed by atoms with Crippen LogP contribution in [0.15, 0.2) is 78.9 Å². The molecule has 0 unspecified atom stereocenters. The second kappa shape index (κ2) is 12.7. The summed E-state index contributed by atoms with van der Waals surface area (Å²) in [5.74, 6) is -1.67. The number of carbonyl (C=O) groups is 3. The second-order valence-corrected chi connectivity index (χ2v) is 7.14. The molecule has 8 nitrogen and oxygen atoms in total. The van der Waals surface area contributed by atoms with Crippen molar-refractivity contribution in [3.05, 3.63) is 90.0 Å². The molecule has 0 aliphatic rings. The predicted molar refractivity (Wildman–Crippen MR) is 129 cm³/mol. The highest BCUT2D eigenvalue weighted by Gasteiger charge is 2.17. The number of benzene rings is 3. The number of nitrogens with one attached hydrogen (secondary N) is 2. The van der Waals surface area contributed by atoms with E-state index < -0.39 is 31.0 Å². The van der Waals surface area contributed by atoms with Crippen molar-refractivity contribution in [3.63, 3.8) is 0 Å². The summed E-state index contributed by atoms with van der Waals surface area (Å²) in [6, 6.07) is 18.8. The molecular weight excluding hydrogens is 474 g/mol. The molecule has 3 rings (SSSR count). The zero-order valence-corrected chi connectivity index (χ0v) is 19.1. The molecule has 0 aliphatic heterocycles. The van der Waals surface area contributed by atoms with Crippen LogP contribution in [0.1, 0.15) is 15.9 Å². The van der Waals surface area contributed by atoms with E-state index in [2.05, 4.69) is 15.4 Å². The number of ether oxygens (including phenoxy) is 3. The molecule has 36 heavy (non-hydrogen) atoms. The first-order valence-corrected chi connectivity index (χ1v) is 10.6. The van der Waals surface area contributed by atoms with E-state index in [4.69, 9.17) is 9.47 Å². The van der Waals surface area contributed by atoms with Crippen LogP contribution < -0.4 is 20.1 Å². The van der Waals surface area contributed by atoms with E-state index >= 15 is 0 Å². The summed E-state index contributed by atoms with van der Waals surface area (Å²) in [6.07, 6.45) is 2.89. The van der Waals surface area contributed by atoms with E-state index in [0.717, 1.165) is 5.56 Å². The van der Waals surface area contributed by atoms with Crippen LogP contribution in [-0.2, 0) is 14.3 Å². The average molecular weight is 496 g/mol. The lowest BCUT2D eigenvalue weighted by atomic mass is 10.1. The van der Waals surface area contributed by atoms with E-state index in [1.54, 1.807) is 49.6 Å². The highest BCUT2D eigenvalue weighted by atomic mass is 19.3. The summed E-state index contributed by atoms with van der Waals surface area (Å²) < 4.78 is 39.5. The Morgan fingerprint density at radius 3 is 2.25 bits per heavy atom. The quantitative estimate of drug-likeness (QED) is 0.310. The fraction of sp³-hybridized carbons (Fsp3) is 0.115. The lowest BCUT2D eigenvalue weighted by Gasteiger charge is -2.12. The van der Waals surface area contributed by atoms with Crippen LogP contribution in [0.5, 0.6) is 11.5 Å². The molecule has 3 aromatic carbocycles. The monoisotopic (exact) mass is 496 g/mol. The number of esters is 1. The number of anilines is 2. The van der Waals surface area contributed by atoms with Gasteiger partial charge in [0, 0.05) is 6.08 Å². The second-order valence-electron chi connectivity index (χ2n) is 7.14. The molecule has 0 spiro atoms. The van der Waals surface area contributed by atoms with Gasteiger partial charge in [-0.3, -0.25) is 9.59 Å². The van der Waals surface area contributed by atoms with E-state index in [-0.39, 0.29) is 22.7 Å². The number of hydrogen-bond acceptors (Lipinski definition) is 6. The molecule has 0 bridgehead atoms. The molecule has 186 valence electrons. The first-order chi connectivity index (χ1) is 17.4. The topological polar surface area (TPSA) is 103 Å². The number of carbonyl (C=O) groups excluding carboxylic acids is 3. The summed E-state index contributed by atoms with van der Waals surface area (Å²) in [5, 5.41) is 4.95. The Balaban J connectivity index is 1.58. The normalized spacial score (nSPS) is 10.7. The maximum absolute atomic E-state index is 12.5. The van der Waals surface area contributed by atoms with Gasteiger partial charge in [0.15, 0.2) is 6.61 Å². The molecule has 0 aromatic heterocycles. The van der Waals surface area contributed by atoms with Crippen LogP contribution in [-0.4, -0.2) is 38.1 Å². The number of methoxy groups -OCH3 is 1. The summed E-state index contributed by atoms with van der Waals surface area (Å²) in [6.45, 7) is -3.76. The molecule has 0 saturated carbocycles. The van der Waals surface area contributed by atoms with Crippen LogP contribution in [0.4, 0.5) is 20.2 Å². The predicted octanol–water partition coefficient (Wildman–Crippen LogP) is 4.74. The Hall–Kier alpha value is -4.73. The van der Waals surface area contributed by atoms with Crippen molar-refractivity contribution in [2.75, 3.05) is 24.4 Å². The minimum atomic E-state index is -3.07. The molecule has 0 radical (unpaired) electrons. The van der Waals surface area contributed by atoms with Crippen molar-refractivity contribution < 1.29 is 37.4 Å². The maximum Gasteiger partial charge on any atom is 0.387 e. The van der Waals surface area contributed by atoms with Gasteiger partial charge in [0.1, 0.15) is 11.5 Å². The van der Waals surface area contributed by atoms with Gasteiger partial charge in [-0.15, -0.1) is 0 Å². The number of halogens is 2. The minimum absolute atomic E-state index is 0.00448. The zero-order chi connectivity index (χ0) is 25.9. The van der Waals surface area contributed by atoms with E-state index in [0.29, 0.717) is 5.75 Å². The molecule has 0 aliphatic carbocycles. The van der Waals surface area contributed by atoms with Gasteiger partial charge in [-0.1, -0.05) is 36.4 Å². The van der Waals surface area contributed by atoms with Gasteiger partial charge < -0.3 is 24.8 Å². The fourth-order valence-electron chi connectivity index (χ4n) is 3.00. The van der Waals surface area contributed by atoms with Gasteiger partial charge in [-0.05, 0) is 48.0 Å². The maximum atomic E-state index is 12.5. The molecule has 0 saturated heterocycles. The van der Waals surface area contributed by atoms with Gasteiger partial charge in [-0.25, -0.2) is 4.79 Å². The van der Waals surface area contributed by atoms with Gasteiger partial charge in [0.25, 0.3) is 5.91 Å². The number of para-hydroxylation sites is 3. The minimum Gasteiger partial charge on any atom is -0.497 e. The Morgan fingerprint density at radius 1 is 0.889 bits per heavy atom. The molecule has 0 atom stereocenters. The molecule has 2 N–H and O–H groups in total. The summed E-state index contributed by atoms with van der Waals surface area (Å²) in [7, 11) is 1.55. The number of hydrogen-bond donors (Lipinski definition) is 2. The molecule has 3 aromatic rings. The van der Waals surface area contributed by atoms with Crippen LogP contribution in [0.25, 0.3) is 6.08 Å².